The number of aromatic amines is 1. The van der Waals surface area contributed by atoms with Gasteiger partial charge in [-0.3, -0.25) is 4.79 Å². The lowest BCUT2D eigenvalue weighted by Crippen LogP contribution is -2.21. The van der Waals surface area contributed by atoms with Crippen LogP contribution in [0.15, 0.2) is 51.9 Å². The van der Waals surface area contributed by atoms with Crippen molar-refractivity contribution in [2.24, 2.45) is 0 Å². The molecule has 2 heterocycles. The number of aromatic nitrogens is 2. The third kappa shape index (κ3) is 3.21. The molecule has 0 saturated carbocycles. The van der Waals surface area contributed by atoms with Gasteiger partial charge in [0.2, 0.25) is 0 Å². The van der Waals surface area contributed by atoms with Gasteiger partial charge in [0.15, 0.2) is 0 Å². The SMILES string of the molecule is Cc1ccc(NC(=O)c2cc(-c3ccco3)[nH]c(=O)n2)cc1C. The van der Waals surface area contributed by atoms with E-state index in [0.717, 1.165) is 11.1 Å². The fourth-order valence-electron chi connectivity index (χ4n) is 2.15. The van der Waals surface area contributed by atoms with Crippen molar-refractivity contribution < 1.29 is 9.21 Å². The molecule has 0 aliphatic carbocycles. The van der Waals surface area contributed by atoms with Gasteiger partial charge in [0, 0.05) is 5.69 Å². The fraction of sp³-hybridized carbons (Fsp3) is 0.118. The summed E-state index contributed by atoms with van der Waals surface area (Å²) in [6.45, 7) is 3.96. The first kappa shape index (κ1) is 14.8. The van der Waals surface area contributed by atoms with Gasteiger partial charge in [0.05, 0.1) is 12.0 Å². The van der Waals surface area contributed by atoms with Gasteiger partial charge in [0.1, 0.15) is 11.5 Å². The molecule has 2 N–H and O–H groups in total. The number of carbonyl (C=O) groups excluding carboxylic acids is 1. The molecule has 116 valence electrons. The highest BCUT2D eigenvalue weighted by atomic mass is 16.3. The third-order valence-electron chi connectivity index (χ3n) is 3.53. The Morgan fingerprint density at radius 2 is 2.00 bits per heavy atom. The Balaban J connectivity index is 1.90. The average molecular weight is 309 g/mol. The van der Waals surface area contributed by atoms with Gasteiger partial charge in [0.25, 0.3) is 5.91 Å². The first-order chi connectivity index (χ1) is 11.0. The number of aryl methyl sites for hydroxylation is 2. The Bertz CT molecular complexity index is 911. The van der Waals surface area contributed by atoms with Gasteiger partial charge in [-0.15, -0.1) is 0 Å². The van der Waals surface area contributed by atoms with Gasteiger partial charge in [-0.1, -0.05) is 6.07 Å². The molecule has 1 aromatic carbocycles. The number of furan rings is 1. The van der Waals surface area contributed by atoms with Crippen molar-refractivity contribution in [3.05, 3.63) is 70.0 Å². The Kier molecular flexibility index (Phi) is 3.80. The van der Waals surface area contributed by atoms with Crippen molar-refractivity contribution in [3.8, 4) is 11.5 Å². The maximum atomic E-state index is 12.3. The van der Waals surface area contributed by atoms with Gasteiger partial charge < -0.3 is 14.7 Å². The Hall–Kier alpha value is -3.15. The molecule has 3 rings (SSSR count). The number of rotatable bonds is 3. The molecule has 2 aromatic heterocycles. The summed E-state index contributed by atoms with van der Waals surface area (Å²) in [5.41, 5.74) is 2.68. The van der Waals surface area contributed by atoms with Crippen molar-refractivity contribution in [2.75, 3.05) is 5.32 Å². The molecule has 3 aromatic rings. The van der Waals surface area contributed by atoms with Crippen LogP contribution < -0.4 is 11.0 Å². The summed E-state index contributed by atoms with van der Waals surface area (Å²) in [5, 5.41) is 2.74. The molecule has 0 bridgehead atoms. The predicted octanol–water partition coefficient (Wildman–Crippen LogP) is 2.90. The van der Waals surface area contributed by atoms with Crippen molar-refractivity contribution in [3.63, 3.8) is 0 Å². The minimum atomic E-state index is -0.607. The summed E-state index contributed by atoms with van der Waals surface area (Å²) in [4.78, 5) is 30.3. The lowest BCUT2D eigenvalue weighted by Gasteiger charge is -2.07. The van der Waals surface area contributed by atoms with Crippen LogP contribution in [0.3, 0.4) is 0 Å². The Morgan fingerprint density at radius 3 is 2.70 bits per heavy atom. The van der Waals surface area contributed by atoms with Gasteiger partial charge in [-0.05, 0) is 55.3 Å². The monoisotopic (exact) mass is 309 g/mol. The number of nitrogens with one attached hydrogen (secondary N) is 2. The normalized spacial score (nSPS) is 10.5. The van der Waals surface area contributed by atoms with E-state index in [9.17, 15) is 9.59 Å². The molecule has 6 nitrogen and oxygen atoms in total. The topological polar surface area (TPSA) is 88.0 Å². The maximum absolute atomic E-state index is 12.3. The van der Waals surface area contributed by atoms with Crippen molar-refractivity contribution in [1.29, 1.82) is 0 Å². The van der Waals surface area contributed by atoms with Crippen LogP contribution in [0, 0.1) is 13.8 Å². The number of hydrogen-bond donors (Lipinski definition) is 2. The van der Waals surface area contributed by atoms with Gasteiger partial charge in [-0.25, -0.2) is 4.79 Å². The van der Waals surface area contributed by atoms with E-state index in [-0.39, 0.29) is 5.69 Å². The molecule has 0 atom stereocenters. The number of hydrogen-bond acceptors (Lipinski definition) is 4. The van der Waals surface area contributed by atoms with Crippen LogP contribution in [0.1, 0.15) is 21.6 Å². The lowest BCUT2D eigenvalue weighted by atomic mass is 10.1. The number of H-pyrrole nitrogens is 1. The quantitative estimate of drug-likeness (QED) is 0.778. The van der Waals surface area contributed by atoms with E-state index in [2.05, 4.69) is 15.3 Å². The van der Waals surface area contributed by atoms with E-state index in [1.807, 2.05) is 26.0 Å². The lowest BCUT2D eigenvalue weighted by molar-refractivity contribution is 0.102. The fourth-order valence-corrected chi connectivity index (χ4v) is 2.15. The molecular weight excluding hydrogens is 294 g/mol. The Morgan fingerprint density at radius 1 is 1.17 bits per heavy atom. The first-order valence-electron chi connectivity index (χ1n) is 7.07. The second-order valence-electron chi connectivity index (χ2n) is 5.22. The van der Waals surface area contributed by atoms with Gasteiger partial charge >= 0.3 is 5.69 Å². The summed E-state index contributed by atoms with van der Waals surface area (Å²) in [7, 11) is 0. The first-order valence-corrected chi connectivity index (χ1v) is 7.07. The van der Waals surface area contributed by atoms with E-state index < -0.39 is 11.6 Å². The van der Waals surface area contributed by atoms with Crippen LogP contribution in [0.4, 0.5) is 5.69 Å². The molecule has 0 aliphatic heterocycles. The molecule has 0 saturated heterocycles. The number of anilines is 1. The minimum absolute atomic E-state index is 0.0263. The third-order valence-corrected chi connectivity index (χ3v) is 3.53. The van der Waals surface area contributed by atoms with E-state index in [4.69, 9.17) is 4.42 Å². The molecule has 0 spiro atoms. The maximum Gasteiger partial charge on any atom is 0.346 e. The van der Waals surface area contributed by atoms with E-state index in [1.165, 1.54) is 12.3 Å². The zero-order valence-electron chi connectivity index (χ0n) is 12.7. The second kappa shape index (κ2) is 5.92. The average Bonchev–Trinajstić information content (AvgIpc) is 3.05. The highest BCUT2D eigenvalue weighted by molar-refractivity contribution is 6.03. The molecule has 0 radical (unpaired) electrons. The zero-order valence-corrected chi connectivity index (χ0v) is 12.7. The summed E-state index contributed by atoms with van der Waals surface area (Å²) in [6, 6.07) is 10.5. The minimum Gasteiger partial charge on any atom is -0.463 e. The number of benzene rings is 1. The van der Waals surface area contributed by atoms with Crippen molar-refractivity contribution in [2.45, 2.75) is 13.8 Å². The zero-order chi connectivity index (χ0) is 16.4. The van der Waals surface area contributed by atoms with Gasteiger partial charge in [-0.2, -0.15) is 4.98 Å². The molecular formula is C17H15N3O3. The van der Waals surface area contributed by atoms with Crippen LogP contribution in [-0.4, -0.2) is 15.9 Å². The van der Waals surface area contributed by atoms with Crippen LogP contribution in [0.25, 0.3) is 11.5 Å². The molecule has 1 amide bonds. The molecule has 0 unspecified atom stereocenters. The highest BCUT2D eigenvalue weighted by Crippen LogP contribution is 2.18. The van der Waals surface area contributed by atoms with Crippen LogP contribution in [0.5, 0.6) is 0 Å². The van der Waals surface area contributed by atoms with Crippen LogP contribution in [0.2, 0.25) is 0 Å². The predicted molar refractivity (Wildman–Crippen MR) is 86.4 cm³/mol. The summed E-state index contributed by atoms with van der Waals surface area (Å²) >= 11 is 0. The summed E-state index contributed by atoms with van der Waals surface area (Å²) in [5.74, 6) is 0.0110. The summed E-state index contributed by atoms with van der Waals surface area (Å²) < 4.78 is 5.23. The van der Waals surface area contributed by atoms with Crippen molar-refractivity contribution >= 4 is 11.6 Å². The standard InChI is InChI=1S/C17H15N3O3/c1-10-5-6-12(8-11(10)2)18-16(21)14-9-13(19-17(22)20-14)15-4-3-7-23-15/h3-9H,1-2H3,(H,18,21)(H,19,20,22). The second-order valence-corrected chi connectivity index (χ2v) is 5.22. The number of amides is 1. The largest absolute Gasteiger partial charge is 0.463 e. The highest BCUT2D eigenvalue weighted by Gasteiger charge is 2.13. The Labute approximate surface area is 132 Å². The smallest absolute Gasteiger partial charge is 0.346 e. The molecule has 6 heteroatoms. The summed E-state index contributed by atoms with van der Waals surface area (Å²) in [6.07, 6.45) is 1.49. The van der Waals surface area contributed by atoms with Crippen LogP contribution in [-0.2, 0) is 0 Å². The van der Waals surface area contributed by atoms with E-state index in [0.29, 0.717) is 17.1 Å². The molecule has 23 heavy (non-hydrogen) atoms. The van der Waals surface area contributed by atoms with E-state index >= 15 is 0 Å². The molecule has 0 fully saturated rings. The number of nitrogens with zero attached hydrogens (tertiary/aromatic N) is 1. The van der Waals surface area contributed by atoms with E-state index in [1.54, 1.807) is 18.2 Å². The van der Waals surface area contributed by atoms with Crippen LogP contribution >= 0.6 is 0 Å². The van der Waals surface area contributed by atoms with Crippen molar-refractivity contribution in [1.82, 2.24) is 9.97 Å². The number of carbonyl (C=O) groups is 1. The molecule has 0 aliphatic rings.